The summed E-state index contributed by atoms with van der Waals surface area (Å²) in [7, 11) is 0. The van der Waals surface area contributed by atoms with Gasteiger partial charge in [-0.3, -0.25) is 9.20 Å². The van der Waals surface area contributed by atoms with Crippen molar-refractivity contribution in [3.05, 3.63) is 34.9 Å². The summed E-state index contributed by atoms with van der Waals surface area (Å²) >= 11 is 0. The highest BCUT2D eigenvalue weighted by atomic mass is 16.2. The van der Waals surface area contributed by atoms with Gasteiger partial charge in [0.05, 0.1) is 0 Å². The van der Waals surface area contributed by atoms with Gasteiger partial charge in [-0.25, -0.2) is 9.48 Å². The predicted octanol–water partition coefficient (Wildman–Crippen LogP) is -1.09. The van der Waals surface area contributed by atoms with Gasteiger partial charge in [0, 0.05) is 38.9 Å². The Morgan fingerprint density at radius 2 is 2.13 bits per heavy atom. The van der Waals surface area contributed by atoms with Gasteiger partial charge in [-0.15, -0.1) is 5.10 Å². The molecule has 0 unspecified atom stereocenters. The molecule has 0 aliphatic carbocycles. The average Bonchev–Trinajstić information content (AvgIpc) is 2.89. The highest BCUT2D eigenvalue weighted by Gasteiger charge is 2.11. The third-order valence-corrected chi connectivity index (χ3v) is 3.96. The van der Waals surface area contributed by atoms with Gasteiger partial charge >= 0.3 is 5.69 Å². The number of aromatic nitrogens is 3. The van der Waals surface area contributed by atoms with Gasteiger partial charge in [-0.05, 0) is 25.1 Å². The molecule has 0 aromatic carbocycles. The van der Waals surface area contributed by atoms with Crippen LogP contribution in [0.15, 0.2) is 29.2 Å². The molecule has 1 aliphatic rings. The van der Waals surface area contributed by atoms with E-state index in [9.17, 15) is 9.59 Å². The Labute approximate surface area is 134 Å². The highest BCUT2D eigenvalue weighted by molar-refractivity contribution is 5.75. The number of piperazine rings is 1. The second-order valence-electron chi connectivity index (χ2n) is 5.66. The minimum absolute atomic E-state index is 0.0475. The Hall–Kier alpha value is -2.19. The number of pyridine rings is 1. The fourth-order valence-electron chi connectivity index (χ4n) is 2.73. The van der Waals surface area contributed by atoms with Crippen LogP contribution >= 0.6 is 0 Å². The molecule has 3 heterocycles. The molecule has 23 heavy (non-hydrogen) atoms. The van der Waals surface area contributed by atoms with Crippen LogP contribution in [0.3, 0.4) is 0 Å². The van der Waals surface area contributed by atoms with E-state index in [4.69, 9.17) is 0 Å². The van der Waals surface area contributed by atoms with Crippen LogP contribution in [0, 0.1) is 0 Å². The molecule has 8 heteroatoms. The van der Waals surface area contributed by atoms with Crippen molar-refractivity contribution >= 4 is 11.6 Å². The van der Waals surface area contributed by atoms with Crippen LogP contribution in [-0.2, 0) is 11.3 Å². The Morgan fingerprint density at radius 3 is 2.91 bits per heavy atom. The number of amides is 1. The Balaban J connectivity index is 1.45. The third-order valence-electron chi connectivity index (χ3n) is 3.96. The molecule has 8 nitrogen and oxygen atoms in total. The van der Waals surface area contributed by atoms with E-state index in [1.807, 2.05) is 6.07 Å². The topological polar surface area (TPSA) is 83.7 Å². The first kappa shape index (κ1) is 15.7. The number of carbonyl (C=O) groups excluding carboxylic acids is 1. The number of fused-ring (bicyclic) bond motifs is 1. The Morgan fingerprint density at radius 1 is 1.30 bits per heavy atom. The fourth-order valence-corrected chi connectivity index (χ4v) is 2.73. The van der Waals surface area contributed by atoms with Gasteiger partial charge in [0.2, 0.25) is 5.91 Å². The quantitative estimate of drug-likeness (QED) is 0.661. The maximum Gasteiger partial charge on any atom is 0.350 e. The van der Waals surface area contributed by atoms with Gasteiger partial charge < -0.3 is 15.5 Å². The van der Waals surface area contributed by atoms with E-state index >= 15 is 0 Å². The van der Waals surface area contributed by atoms with Gasteiger partial charge in [0.25, 0.3) is 0 Å². The van der Waals surface area contributed by atoms with E-state index in [0.717, 1.165) is 39.1 Å². The molecular weight excluding hydrogens is 296 g/mol. The lowest BCUT2D eigenvalue weighted by atomic mass is 10.3. The highest BCUT2D eigenvalue weighted by Crippen LogP contribution is 1.95. The summed E-state index contributed by atoms with van der Waals surface area (Å²) in [5.74, 6) is -0.184. The lowest BCUT2D eigenvalue weighted by molar-refractivity contribution is -0.121. The second-order valence-corrected chi connectivity index (χ2v) is 5.66. The normalized spacial score (nSPS) is 15.8. The first-order valence-electron chi connectivity index (χ1n) is 7.98. The number of nitrogens with zero attached hydrogens (tertiary/aromatic N) is 4. The molecule has 1 saturated heterocycles. The number of rotatable bonds is 6. The molecule has 0 saturated carbocycles. The first-order chi connectivity index (χ1) is 11.2. The van der Waals surface area contributed by atoms with E-state index in [1.54, 1.807) is 18.3 Å². The number of hydrogen-bond donors (Lipinski definition) is 2. The minimum atomic E-state index is -0.295. The molecule has 1 amide bonds. The summed E-state index contributed by atoms with van der Waals surface area (Å²) in [5, 5.41) is 10.3. The average molecular weight is 318 g/mol. The zero-order chi connectivity index (χ0) is 16.1. The molecule has 1 aliphatic heterocycles. The van der Waals surface area contributed by atoms with Crippen molar-refractivity contribution in [1.82, 2.24) is 29.7 Å². The van der Waals surface area contributed by atoms with Crippen molar-refractivity contribution in [3.8, 4) is 0 Å². The molecule has 2 N–H and O–H groups in total. The summed E-state index contributed by atoms with van der Waals surface area (Å²) < 4.78 is 2.62. The molecule has 3 rings (SSSR count). The molecule has 124 valence electrons. The summed E-state index contributed by atoms with van der Waals surface area (Å²) in [6, 6.07) is 5.31. The first-order valence-corrected chi connectivity index (χ1v) is 7.98. The third kappa shape index (κ3) is 3.96. The number of hydrogen-bond acceptors (Lipinski definition) is 5. The van der Waals surface area contributed by atoms with Crippen LogP contribution < -0.4 is 16.3 Å². The lowest BCUT2D eigenvalue weighted by Crippen LogP contribution is -2.44. The van der Waals surface area contributed by atoms with E-state index in [0.29, 0.717) is 12.2 Å². The van der Waals surface area contributed by atoms with Crippen LogP contribution in [0.1, 0.15) is 6.42 Å². The minimum Gasteiger partial charge on any atom is -0.354 e. The van der Waals surface area contributed by atoms with Gasteiger partial charge in [-0.1, -0.05) is 6.07 Å². The SMILES string of the molecule is O=C(Cn1nc2ccccn2c1=O)NCCCN1CCNCC1. The number of nitrogens with one attached hydrogen (secondary N) is 2. The van der Waals surface area contributed by atoms with Gasteiger partial charge in [0.15, 0.2) is 5.65 Å². The van der Waals surface area contributed by atoms with Crippen LogP contribution in [0.2, 0.25) is 0 Å². The van der Waals surface area contributed by atoms with Crippen molar-refractivity contribution in [3.63, 3.8) is 0 Å². The Bertz CT molecular complexity index is 716. The maximum atomic E-state index is 12.1. The van der Waals surface area contributed by atoms with Gasteiger partial charge in [0.1, 0.15) is 6.54 Å². The Kier molecular flexibility index (Phi) is 5.04. The second kappa shape index (κ2) is 7.38. The van der Waals surface area contributed by atoms with Crippen LogP contribution in [0.4, 0.5) is 0 Å². The van der Waals surface area contributed by atoms with Crippen molar-refractivity contribution in [2.75, 3.05) is 39.3 Å². The predicted molar refractivity (Wildman–Crippen MR) is 86.4 cm³/mol. The van der Waals surface area contributed by atoms with E-state index in [1.165, 1.54) is 9.08 Å². The smallest absolute Gasteiger partial charge is 0.350 e. The van der Waals surface area contributed by atoms with E-state index < -0.39 is 0 Å². The van der Waals surface area contributed by atoms with Crippen LogP contribution in [0.25, 0.3) is 5.65 Å². The van der Waals surface area contributed by atoms with Crippen molar-refractivity contribution < 1.29 is 4.79 Å². The van der Waals surface area contributed by atoms with Crippen LogP contribution in [0.5, 0.6) is 0 Å². The van der Waals surface area contributed by atoms with Gasteiger partial charge in [-0.2, -0.15) is 0 Å². The standard InChI is InChI=1S/C15H22N6O2/c22-14(17-5-3-8-19-10-6-16-7-11-19)12-21-15(23)20-9-2-1-4-13(20)18-21/h1-2,4,9,16H,3,5-8,10-12H2,(H,17,22). The maximum absolute atomic E-state index is 12.1. The van der Waals surface area contributed by atoms with Crippen molar-refractivity contribution in [2.45, 2.75) is 13.0 Å². The number of carbonyl (C=O) groups is 1. The summed E-state index contributed by atoms with van der Waals surface area (Å²) in [6.45, 7) is 5.73. The van der Waals surface area contributed by atoms with E-state index in [2.05, 4.69) is 20.6 Å². The summed E-state index contributed by atoms with van der Waals surface area (Å²) in [5.41, 5.74) is 0.251. The van der Waals surface area contributed by atoms with E-state index in [-0.39, 0.29) is 18.1 Å². The molecule has 0 spiro atoms. The zero-order valence-corrected chi connectivity index (χ0v) is 13.1. The molecular formula is C15H22N6O2. The fraction of sp³-hybridized carbons (Fsp3) is 0.533. The molecule has 2 aromatic rings. The molecule has 0 bridgehead atoms. The van der Waals surface area contributed by atoms with Crippen LogP contribution in [-0.4, -0.2) is 64.3 Å². The van der Waals surface area contributed by atoms with Crippen molar-refractivity contribution in [2.24, 2.45) is 0 Å². The molecule has 0 atom stereocenters. The summed E-state index contributed by atoms with van der Waals surface area (Å²) in [4.78, 5) is 26.4. The monoisotopic (exact) mass is 318 g/mol. The van der Waals surface area contributed by atoms with Crippen molar-refractivity contribution in [1.29, 1.82) is 0 Å². The lowest BCUT2D eigenvalue weighted by Gasteiger charge is -2.27. The molecule has 1 fully saturated rings. The zero-order valence-electron chi connectivity index (χ0n) is 13.1. The summed E-state index contributed by atoms with van der Waals surface area (Å²) in [6.07, 6.45) is 2.55. The molecule has 2 aromatic heterocycles. The molecule has 0 radical (unpaired) electrons. The largest absolute Gasteiger partial charge is 0.354 e.